The fourth-order valence-corrected chi connectivity index (χ4v) is 2.33. The molecule has 2 aromatic carbocycles. The van der Waals surface area contributed by atoms with Gasteiger partial charge in [0.2, 0.25) is 17.6 Å². The first kappa shape index (κ1) is 17.5. The van der Waals surface area contributed by atoms with Crippen LogP contribution in [-0.2, 0) is 11.2 Å². The summed E-state index contributed by atoms with van der Waals surface area (Å²) in [6, 6.07) is 14.4. The van der Waals surface area contributed by atoms with Crippen molar-refractivity contribution >= 4 is 11.6 Å². The summed E-state index contributed by atoms with van der Waals surface area (Å²) in [5, 5.41) is 6.70. The Bertz CT molecular complexity index is 857. The number of amides is 1. The Kier molecular flexibility index (Phi) is 5.48. The first-order valence-corrected chi connectivity index (χ1v) is 8.17. The second-order valence-electron chi connectivity index (χ2n) is 5.42. The van der Waals surface area contributed by atoms with Gasteiger partial charge in [-0.25, -0.2) is 0 Å². The number of anilines is 1. The Hall–Kier alpha value is -3.35. The summed E-state index contributed by atoms with van der Waals surface area (Å²) in [4.78, 5) is 16.4. The van der Waals surface area contributed by atoms with Crippen LogP contribution in [0.4, 0.5) is 5.69 Å². The SMILES string of the molecule is CCOc1ccc(NC(=O)Cc2nc(-c3ccc(OC)cc3)no2)cc1. The number of hydrogen-bond donors (Lipinski definition) is 1. The van der Waals surface area contributed by atoms with Crippen LogP contribution in [-0.4, -0.2) is 29.8 Å². The minimum Gasteiger partial charge on any atom is -0.497 e. The van der Waals surface area contributed by atoms with Gasteiger partial charge in [-0.3, -0.25) is 4.79 Å². The number of benzene rings is 2. The monoisotopic (exact) mass is 353 g/mol. The van der Waals surface area contributed by atoms with Crippen molar-refractivity contribution in [2.45, 2.75) is 13.3 Å². The van der Waals surface area contributed by atoms with Gasteiger partial charge in [0.25, 0.3) is 0 Å². The Morgan fingerprint density at radius 2 is 1.77 bits per heavy atom. The predicted molar refractivity (Wildman–Crippen MR) is 96.2 cm³/mol. The van der Waals surface area contributed by atoms with Crippen LogP contribution in [0.25, 0.3) is 11.4 Å². The van der Waals surface area contributed by atoms with Crippen LogP contribution in [0.15, 0.2) is 53.1 Å². The average Bonchev–Trinajstić information content (AvgIpc) is 3.12. The van der Waals surface area contributed by atoms with E-state index in [1.807, 2.05) is 31.2 Å². The molecular weight excluding hydrogens is 334 g/mol. The highest BCUT2D eigenvalue weighted by Crippen LogP contribution is 2.20. The maximum Gasteiger partial charge on any atom is 0.236 e. The molecule has 0 aliphatic heterocycles. The highest BCUT2D eigenvalue weighted by molar-refractivity contribution is 5.91. The van der Waals surface area contributed by atoms with E-state index in [4.69, 9.17) is 14.0 Å². The molecule has 3 rings (SSSR count). The molecule has 7 nitrogen and oxygen atoms in total. The summed E-state index contributed by atoms with van der Waals surface area (Å²) in [7, 11) is 1.60. The number of nitrogens with one attached hydrogen (secondary N) is 1. The first-order valence-electron chi connectivity index (χ1n) is 8.17. The number of methoxy groups -OCH3 is 1. The minimum atomic E-state index is -0.237. The van der Waals surface area contributed by atoms with Gasteiger partial charge >= 0.3 is 0 Å². The van der Waals surface area contributed by atoms with Crippen molar-refractivity contribution in [3.63, 3.8) is 0 Å². The number of aromatic nitrogens is 2. The number of ether oxygens (including phenoxy) is 2. The van der Waals surface area contributed by atoms with Gasteiger partial charge in [0.15, 0.2) is 0 Å². The lowest BCUT2D eigenvalue weighted by molar-refractivity contribution is -0.115. The van der Waals surface area contributed by atoms with Crippen LogP contribution >= 0.6 is 0 Å². The molecule has 134 valence electrons. The zero-order chi connectivity index (χ0) is 18.4. The van der Waals surface area contributed by atoms with E-state index in [2.05, 4.69) is 15.5 Å². The molecule has 0 aliphatic rings. The average molecular weight is 353 g/mol. The Morgan fingerprint density at radius 1 is 1.08 bits per heavy atom. The van der Waals surface area contributed by atoms with E-state index in [0.29, 0.717) is 18.1 Å². The molecule has 0 saturated carbocycles. The van der Waals surface area contributed by atoms with Crippen molar-refractivity contribution in [3.8, 4) is 22.9 Å². The smallest absolute Gasteiger partial charge is 0.236 e. The van der Waals surface area contributed by atoms with Gasteiger partial charge < -0.3 is 19.3 Å². The van der Waals surface area contributed by atoms with Crippen molar-refractivity contribution in [1.82, 2.24) is 10.1 Å². The number of rotatable bonds is 7. The van der Waals surface area contributed by atoms with Crippen LogP contribution in [0.3, 0.4) is 0 Å². The molecule has 0 radical (unpaired) electrons. The van der Waals surface area contributed by atoms with Gasteiger partial charge in [-0.15, -0.1) is 0 Å². The van der Waals surface area contributed by atoms with Gasteiger partial charge in [-0.05, 0) is 55.5 Å². The highest BCUT2D eigenvalue weighted by atomic mass is 16.5. The van der Waals surface area contributed by atoms with E-state index in [0.717, 1.165) is 17.1 Å². The molecule has 1 amide bonds. The molecule has 0 fully saturated rings. The molecule has 0 saturated heterocycles. The zero-order valence-corrected chi connectivity index (χ0v) is 14.6. The van der Waals surface area contributed by atoms with Gasteiger partial charge in [-0.2, -0.15) is 4.98 Å². The molecule has 7 heteroatoms. The third-order valence-corrected chi connectivity index (χ3v) is 3.58. The second-order valence-corrected chi connectivity index (χ2v) is 5.42. The van der Waals surface area contributed by atoms with Crippen molar-refractivity contribution < 1.29 is 18.8 Å². The largest absolute Gasteiger partial charge is 0.497 e. The van der Waals surface area contributed by atoms with E-state index in [1.54, 1.807) is 31.4 Å². The molecule has 3 aromatic rings. The van der Waals surface area contributed by atoms with Gasteiger partial charge in [-0.1, -0.05) is 5.16 Å². The van der Waals surface area contributed by atoms with E-state index >= 15 is 0 Å². The molecule has 0 spiro atoms. The molecule has 1 N–H and O–H groups in total. The molecule has 0 bridgehead atoms. The Labute approximate surface area is 150 Å². The third kappa shape index (κ3) is 4.38. The Morgan fingerprint density at radius 3 is 2.42 bits per heavy atom. The summed E-state index contributed by atoms with van der Waals surface area (Å²) in [5.41, 5.74) is 1.46. The third-order valence-electron chi connectivity index (χ3n) is 3.58. The first-order chi connectivity index (χ1) is 12.7. The van der Waals surface area contributed by atoms with Crippen molar-refractivity contribution in [2.24, 2.45) is 0 Å². The van der Waals surface area contributed by atoms with Gasteiger partial charge in [0.1, 0.15) is 17.9 Å². The Balaban J connectivity index is 1.60. The molecular formula is C19H19N3O4. The van der Waals surface area contributed by atoms with Crippen molar-refractivity contribution in [2.75, 3.05) is 19.0 Å². The lowest BCUT2D eigenvalue weighted by atomic mass is 10.2. The quantitative estimate of drug-likeness (QED) is 0.701. The zero-order valence-electron chi connectivity index (χ0n) is 14.6. The molecule has 0 atom stereocenters. The van der Waals surface area contributed by atoms with E-state index in [1.165, 1.54) is 0 Å². The van der Waals surface area contributed by atoms with Crippen LogP contribution in [0.5, 0.6) is 11.5 Å². The van der Waals surface area contributed by atoms with Gasteiger partial charge in [0, 0.05) is 11.3 Å². The van der Waals surface area contributed by atoms with E-state index in [9.17, 15) is 4.79 Å². The normalized spacial score (nSPS) is 10.4. The standard InChI is InChI=1S/C19H19N3O4/c1-3-25-16-10-6-14(7-11-16)20-17(23)12-18-21-19(22-26-18)13-4-8-15(24-2)9-5-13/h4-11H,3,12H2,1-2H3,(H,20,23). The summed E-state index contributed by atoms with van der Waals surface area (Å²) in [6.45, 7) is 2.51. The molecule has 1 aromatic heterocycles. The van der Waals surface area contributed by atoms with E-state index in [-0.39, 0.29) is 18.2 Å². The summed E-state index contributed by atoms with van der Waals surface area (Å²) < 4.78 is 15.6. The van der Waals surface area contributed by atoms with E-state index < -0.39 is 0 Å². The summed E-state index contributed by atoms with van der Waals surface area (Å²) in [5.74, 6) is 1.94. The fraction of sp³-hybridized carbons (Fsp3) is 0.211. The number of carbonyl (C=O) groups excluding carboxylic acids is 1. The topological polar surface area (TPSA) is 86.5 Å². The maximum atomic E-state index is 12.1. The van der Waals surface area contributed by atoms with Crippen LogP contribution in [0.2, 0.25) is 0 Å². The maximum absolute atomic E-state index is 12.1. The van der Waals surface area contributed by atoms with Crippen LogP contribution in [0.1, 0.15) is 12.8 Å². The summed E-state index contributed by atoms with van der Waals surface area (Å²) in [6.07, 6.45) is -0.00361. The van der Waals surface area contributed by atoms with Crippen LogP contribution < -0.4 is 14.8 Å². The lowest BCUT2D eigenvalue weighted by Crippen LogP contribution is -2.14. The number of hydrogen-bond acceptors (Lipinski definition) is 6. The lowest BCUT2D eigenvalue weighted by Gasteiger charge is -2.06. The van der Waals surface area contributed by atoms with Gasteiger partial charge in [0.05, 0.1) is 13.7 Å². The number of nitrogens with zero attached hydrogens (tertiary/aromatic N) is 2. The molecule has 0 aliphatic carbocycles. The summed E-state index contributed by atoms with van der Waals surface area (Å²) >= 11 is 0. The highest BCUT2D eigenvalue weighted by Gasteiger charge is 2.13. The van der Waals surface area contributed by atoms with Crippen molar-refractivity contribution in [3.05, 3.63) is 54.4 Å². The molecule has 26 heavy (non-hydrogen) atoms. The molecule has 1 heterocycles. The predicted octanol–water partition coefficient (Wildman–Crippen LogP) is 3.33. The number of carbonyl (C=O) groups is 1. The fourth-order valence-electron chi connectivity index (χ4n) is 2.33. The minimum absolute atomic E-state index is 0.00361. The van der Waals surface area contributed by atoms with Crippen molar-refractivity contribution in [1.29, 1.82) is 0 Å². The molecule has 0 unspecified atom stereocenters. The van der Waals surface area contributed by atoms with Crippen LogP contribution in [0, 0.1) is 0 Å². The second kappa shape index (κ2) is 8.15.